The van der Waals surface area contributed by atoms with Gasteiger partial charge >= 0.3 is 6.18 Å². The summed E-state index contributed by atoms with van der Waals surface area (Å²) in [6.45, 7) is 5.76. The minimum absolute atomic E-state index is 0.0585. The van der Waals surface area contributed by atoms with Crippen LogP contribution in [-0.2, 0) is 4.74 Å². The Bertz CT molecular complexity index is 390. The molecule has 1 atom stereocenters. The van der Waals surface area contributed by atoms with Gasteiger partial charge in [-0.3, -0.25) is 0 Å². The van der Waals surface area contributed by atoms with Crippen molar-refractivity contribution in [3.05, 3.63) is 21.4 Å². The maximum atomic E-state index is 12.0. The van der Waals surface area contributed by atoms with Gasteiger partial charge in [0, 0.05) is 22.4 Å². The third-order valence-corrected chi connectivity index (χ3v) is 3.70. The molecule has 1 aromatic rings. The number of hydrogen-bond acceptors (Lipinski definition) is 3. The van der Waals surface area contributed by atoms with E-state index in [0.29, 0.717) is 6.42 Å². The van der Waals surface area contributed by atoms with Crippen LogP contribution in [0.15, 0.2) is 6.07 Å². The van der Waals surface area contributed by atoms with Crippen molar-refractivity contribution >= 4 is 11.3 Å². The number of thiophene rings is 1. The summed E-state index contributed by atoms with van der Waals surface area (Å²) in [6, 6.07) is 2.15. The lowest BCUT2D eigenvalue weighted by Gasteiger charge is -2.18. The van der Waals surface area contributed by atoms with Crippen molar-refractivity contribution in [3.8, 4) is 0 Å². The van der Waals surface area contributed by atoms with E-state index in [9.17, 15) is 13.2 Å². The van der Waals surface area contributed by atoms with Gasteiger partial charge in [-0.2, -0.15) is 13.2 Å². The van der Waals surface area contributed by atoms with E-state index in [-0.39, 0.29) is 12.6 Å². The number of rotatable bonds is 7. The molecule has 110 valence electrons. The molecule has 0 fully saturated rings. The molecule has 0 radical (unpaired) electrons. The van der Waals surface area contributed by atoms with Crippen LogP contribution >= 0.6 is 11.3 Å². The largest absolute Gasteiger partial charge is 0.411 e. The molecular formula is C13H20F3NOS. The van der Waals surface area contributed by atoms with Crippen molar-refractivity contribution in [2.45, 2.75) is 39.4 Å². The standard InChI is InChI=1S/C13H20F3NOS/c1-4-17-12(5-6-18-8-13(14,15)16)11-7-9(2)19-10(11)3/h7,12,17H,4-6,8H2,1-3H3. The highest BCUT2D eigenvalue weighted by molar-refractivity contribution is 7.12. The van der Waals surface area contributed by atoms with Crippen LogP contribution in [0.4, 0.5) is 13.2 Å². The number of aryl methyl sites for hydroxylation is 2. The van der Waals surface area contributed by atoms with Gasteiger partial charge in [-0.25, -0.2) is 0 Å². The van der Waals surface area contributed by atoms with Gasteiger partial charge in [0.15, 0.2) is 0 Å². The first kappa shape index (κ1) is 16.5. The minimum atomic E-state index is -4.25. The fraction of sp³-hybridized carbons (Fsp3) is 0.692. The Morgan fingerprint density at radius 2 is 2.05 bits per heavy atom. The Hall–Kier alpha value is -0.590. The highest BCUT2D eigenvalue weighted by Gasteiger charge is 2.27. The zero-order valence-electron chi connectivity index (χ0n) is 11.4. The summed E-state index contributed by atoms with van der Waals surface area (Å²) >= 11 is 1.71. The summed E-state index contributed by atoms with van der Waals surface area (Å²) in [7, 11) is 0. The van der Waals surface area contributed by atoms with E-state index in [4.69, 9.17) is 0 Å². The van der Waals surface area contributed by atoms with Gasteiger partial charge in [0.05, 0.1) is 0 Å². The molecule has 0 bridgehead atoms. The van der Waals surface area contributed by atoms with Crippen molar-refractivity contribution in [3.63, 3.8) is 0 Å². The molecule has 0 amide bonds. The Labute approximate surface area is 116 Å². The van der Waals surface area contributed by atoms with Crippen LogP contribution in [0.5, 0.6) is 0 Å². The topological polar surface area (TPSA) is 21.3 Å². The van der Waals surface area contributed by atoms with Gasteiger partial charge in [0.25, 0.3) is 0 Å². The van der Waals surface area contributed by atoms with Crippen molar-refractivity contribution in [1.82, 2.24) is 5.32 Å². The summed E-state index contributed by atoms with van der Waals surface area (Å²) in [5.74, 6) is 0. The van der Waals surface area contributed by atoms with Crippen molar-refractivity contribution in [1.29, 1.82) is 0 Å². The number of alkyl halides is 3. The van der Waals surface area contributed by atoms with Crippen LogP contribution in [0.1, 0.15) is 34.7 Å². The van der Waals surface area contributed by atoms with Gasteiger partial charge in [0.2, 0.25) is 0 Å². The molecule has 0 aliphatic rings. The first-order valence-electron chi connectivity index (χ1n) is 6.28. The molecular weight excluding hydrogens is 275 g/mol. The number of hydrogen-bond donors (Lipinski definition) is 1. The molecule has 0 aromatic carbocycles. The number of ether oxygens (including phenoxy) is 1. The van der Waals surface area contributed by atoms with E-state index in [0.717, 1.165) is 6.54 Å². The zero-order valence-corrected chi connectivity index (χ0v) is 12.3. The van der Waals surface area contributed by atoms with Crippen molar-refractivity contribution < 1.29 is 17.9 Å². The average molecular weight is 295 g/mol. The molecule has 0 saturated carbocycles. The second-order valence-corrected chi connectivity index (χ2v) is 5.90. The van der Waals surface area contributed by atoms with Crippen LogP contribution in [0.2, 0.25) is 0 Å². The Kier molecular flexibility index (Phi) is 6.29. The van der Waals surface area contributed by atoms with E-state index in [1.165, 1.54) is 15.3 Å². The van der Waals surface area contributed by atoms with Crippen molar-refractivity contribution in [2.24, 2.45) is 0 Å². The van der Waals surface area contributed by atoms with Gasteiger partial charge in [-0.15, -0.1) is 11.3 Å². The van der Waals surface area contributed by atoms with Crippen LogP contribution in [-0.4, -0.2) is 25.9 Å². The quantitative estimate of drug-likeness (QED) is 0.768. The second-order valence-electron chi connectivity index (χ2n) is 4.44. The van der Waals surface area contributed by atoms with Gasteiger partial charge in [-0.05, 0) is 38.4 Å². The molecule has 0 spiro atoms. The zero-order chi connectivity index (χ0) is 14.5. The predicted molar refractivity (Wildman–Crippen MR) is 71.7 cm³/mol. The second kappa shape index (κ2) is 7.26. The van der Waals surface area contributed by atoms with Crippen LogP contribution in [0, 0.1) is 13.8 Å². The van der Waals surface area contributed by atoms with Crippen LogP contribution < -0.4 is 5.32 Å². The lowest BCUT2D eigenvalue weighted by Crippen LogP contribution is -2.24. The first-order chi connectivity index (χ1) is 8.83. The molecule has 0 saturated heterocycles. The Morgan fingerprint density at radius 1 is 1.37 bits per heavy atom. The van der Waals surface area contributed by atoms with Gasteiger partial charge in [0.1, 0.15) is 6.61 Å². The summed E-state index contributed by atoms with van der Waals surface area (Å²) in [5.41, 5.74) is 1.17. The van der Waals surface area contributed by atoms with E-state index in [2.05, 4.69) is 16.1 Å². The van der Waals surface area contributed by atoms with Crippen molar-refractivity contribution in [2.75, 3.05) is 19.8 Å². The Balaban J connectivity index is 2.52. The molecule has 19 heavy (non-hydrogen) atoms. The lowest BCUT2D eigenvalue weighted by molar-refractivity contribution is -0.174. The lowest BCUT2D eigenvalue weighted by atomic mass is 10.0. The summed E-state index contributed by atoms with van der Waals surface area (Å²) in [5, 5.41) is 3.30. The molecule has 1 unspecified atom stereocenters. The first-order valence-corrected chi connectivity index (χ1v) is 7.10. The minimum Gasteiger partial charge on any atom is -0.372 e. The fourth-order valence-electron chi connectivity index (χ4n) is 2.00. The molecule has 1 aromatic heterocycles. The highest BCUT2D eigenvalue weighted by Crippen LogP contribution is 2.28. The summed E-state index contributed by atoms with van der Waals surface area (Å²) in [6.07, 6.45) is -3.70. The number of nitrogens with one attached hydrogen (secondary N) is 1. The smallest absolute Gasteiger partial charge is 0.372 e. The number of halogens is 3. The highest BCUT2D eigenvalue weighted by atomic mass is 32.1. The molecule has 0 aliphatic carbocycles. The molecule has 1 rings (SSSR count). The molecule has 2 nitrogen and oxygen atoms in total. The van der Waals surface area contributed by atoms with E-state index < -0.39 is 12.8 Å². The third kappa shape index (κ3) is 5.93. The van der Waals surface area contributed by atoms with Gasteiger partial charge in [-0.1, -0.05) is 6.92 Å². The maximum Gasteiger partial charge on any atom is 0.411 e. The molecule has 1 N–H and O–H groups in total. The summed E-state index contributed by atoms with van der Waals surface area (Å²) in [4.78, 5) is 2.42. The molecule has 0 aliphatic heterocycles. The maximum absolute atomic E-state index is 12.0. The molecule has 6 heteroatoms. The normalized spacial score (nSPS) is 13.8. The predicted octanol–water partition coefficient (Wildman–Crippen LogP) is 3.98. The van der Waals surface area contributed by atoms with E-state index in [1.807, 2.05) is 20.8 Å². The van der Waals surface area contributed by atoms with E-state index >= 15 is 0 Å². The Morgan fingerprint density at radius 3 is 2.53 bits per heavy atom. The fourth-order valence-corrected chi connectivity index (χ4v) is 2.99. The third-order valence-electron chi connectivity index (χ3n) is 2.72. The monoisotopic (exact) mass is 295 g/mol. The molecule has 1 heterocycles. The van der Waals surface area contributed by atoms with Crippen LogP contribution in [0.3, 0.4) is 0 Å². The summed E-state index contributed by atoms with van der Waals surface area (Å²) < 4.78 is 40.6. The van der Waals surface area contributed by atoms with E-state index in [1.54, 1.807) is 11.3 Å². The average Bonchev–Trinajstić information content (AvgIpc) is 2.61. The van der Waals surface area contributed by atoms with Gasteiger partial charge < -0.3 is 10.1 Å². The van der Waals surface area contributed by atoms with Crippen LogP contribution in [0.25, 0.3) is 0 Å². The SMILES string of the molecule is CCNC(CCOCC(F)(F)F)c1cc(C)sc1C.